The van der Waals surface area contributed by atoms with Gasteiger partial charge in [0.05, 0.1) is 0 Å². The highest BCUT2D eigenvalue weighted by Crippen LogP contribution is 2.15. The van der Waals surface area contributed by atoms with Gasteiger partial charge in [0.15, 0.2) is 0 Å². The molecular formula is C13H15N3O. The Morgan fingerprint density at radius 2 is 2.18 bits per heavy atom. The lowest BCUT2D eigenvalue weighted by Gasteiger charge is -2.09. The maximum Gasteiger partial charge on any atom is 0.246 e. The Kier molecular flexibility index (Phi) is 3.55. The summed E-state index contributed by atoms with van der Waals surface area (Å²) in [5.41, 5.74) is 2.02. The summed E-state index contributed by atoms with van der Waals surface area (Å²) in [5, 5.41) is 6.90. The molecule has 17 heavy (non-hydrogen) atoms. The van der Waals surface area contributed by atoms with Crippen LogP contribution in [0.4, 0.5) is 5.69 Å². The van der Waals surface area contributed by atoms with Gasteiger partial charge in [-0.25, -0.2) is 0 Å². The zero-order valence-corrected chi connectivity index (χ0v) is 9.76. The van der Waals surface area contributed by atoms with E-state index in [4.69, 9.17) is 0 Å². The van der Waals surface area contributed by atoms with Crippen molar-refractivity contribution in [2.75, 3.05) is 5.32 Å². The van der Waals surface area contributed by atoms with Crippen LogP contribution in [0.2, 0.25) is 0 Å². The molecule has 0 radical (unpaired) electrons. The van der Waals surface area contributed by atoms with Crippen molar-refractivity contribution >= 4 is 11.6 Å². The molecule has 0 fully saturated rings. The van der Waals surface area contributed by atoms with Gasteiger partial charge in [0.1, 0.15) is 6.54 Å². The fraction of sp³-hybridized carbons (Fsp3) is 0.231. The molecule has 1 aromatic heterocycles. The van der Waals surface area contributed by atoms with Crippen LogP contribution in [-0.2, 0) is 17.8 Å². The Hall–Kier alpha value is -2.10. The molecule has 2 aromatic rings. The number of aryl methyl sites for hydroxylation is 1. The second kappa shape index (κ2) is 5.30. The van der Waals surface area contributed by atoms with E-state index in [-0.39, 0.29) is 12.5 Å². The second-order valence-corrected chi connectivity index (χ2v) is 3.76. The molecule has 0 unspecified atom stereocenters. The monoisotopic (exact) mass is 229 g/mol. The normalized spacial score (nSPS) is 10.2. The maximum absolute atomic E-state index is 11.8. The second-order valence-electron chi connectivity index (χ2n) is 3.76. The summed E-state index contributed by atoms with van der Waals surface area (Å²) in [6.07, 6.45) is 4.33. The van der Waals surface area contributed by atoms with Gasteiger partial charge in [-0.1, -0.05) is 25.1 Å². The van der Waals surface area contributed by atoms with Gasteiger partial charge in [0.2, 0.25) is 5.91 Å². The summed E-state index contributed by atoms with van der Waals surface area (Å²) in [6.45, 7) is 2.31. The number of aromatic nitrogens is 2. The van der Waals surface area contributed by atoms with E-state index >= 15 is 0 Å². The van der Waals surface area contributed by atoms with Crippen LogP contribution in [0, 0.1) is 0 Å². The topological polar surface area (TPSA) is 46.9 Å². The van der Waals surface area contributed by atoms with Crippen molar-refractivity contribution in [1.82, 2.24) is 9.78 Å². The maximum atomic E-state index is 11.8. The van der Waals surface area contributed by atoms with Crippen LogP contribution in [-0.4, -0.2) is 15.7 Å². The first kappa shape index (κ1) is 11.4. The lowest BCUT2D eigenvalue weighted by molar-refractivity contribution is -0.116. The average molecular weight is 229 g/mol. The number of rotatable bonds is 4. The van der Waals surface area contributed by atoms with Crippen molar-refractivity contribution in [2.45, 2.75) is 19.9 Å². The van der Waals surface area contributed by atoms with Gasteiger partial charge in [0.25, 0.3) is 0 Å². The smallest absolute Gasteiger partial charge is 0.246 e. The number of anilines is 1. The molecule has 1 amide bonds. The molecule has 2 rings (SSSR count). The van der Waals surface area contributed by atoms with E-state index in [0.29, 0.717) is 0 Å². The van der Waals surface area contributed by atoms with Gasteiger partial charge >= 0.3 is 0 Å². The number of hydrogen-bond donors (Lipinski definition) is 1. The fourth-order valence-corrected chi connectivity index (χ4v) is 1.68. The summed E-state index contributed by atoms with van der Waals surface area (Å²) >= 11 is 0. The number of amides is 1. The molecule has 4 nitrogen and oxygen atoms in total. The zero-order valence-electron chi connectivity index (χ0n) is 9.76. The number of carbonyl (C=O) groups excluding carboxylic acids is 1. The number of para-hydroxylation sites is 1. The van der Waals surface area contributed by atoms with Crippen molar-refractivity contribution in [3.63, 3.8) is 0 Å². The summed E-state index contributed by atoms with van der Waals surface area (Å²) in [7, 11) is 0. The Balaban J connectivity index is 2.03. The Bertz CT molecular complexity index is 491. The van der Waals surface area contributed by atoms with Gasteiger partial charge in [-0.3, -0.25) is 9.48 Å². The molecule has 0 aliphatic carbocycles. The molecule has 0 bridgehead atoms. The van der Waals surface area contributed by atoms with Crippen LogP contribution in [0.5, 0.6) is 0 Å². The van der Waals surface area contributed by atoms with E-state index in [1.807, 2.05) is 24.3 Å². The molecule has 1 heterocycles. The molecule has 88 valence electrons. The van der Waals surface area contributed by atoms with Crippen LogP contribution >= 0.6 is 0 Å². The standard InChI is InChI=1S/C13H15N3O/c1-2-11-6-3-4-7-12(11)15-13(17)10-16-9-5-8-14-16/h3-9H,2,10H2,1H3,(H,15,17). The van der Waals surface area contributed by atoms with Crippen LogP contribution in [0.1, 0.15) is 12.5 Å². The van der Waals surface area contributed by atoms with E-state index in [0.717, 1.165) is 17.7 Å². The fourth-order valence-electron chi connectivity index (χ4n) is 1.68. The number of nitrogens with zero attached hydrogens (tertiary/aromatic N) is 2. The number of nitrogens with one attached hydrogen (secondary N) is 1. The highest BCUT2D eigenvalue weighted by atomic mass is 16.2. The van der Waals surface area contributed by atoms with Crippen molar-refractivity contribution in [3.8, 4) is 0 Å². The van der Waals surface area contributed by atoms with Gasteiger partial charge in [-0.2, -0.15) is 5.10 Å². The third kappa shape index (κ3) is 2.93. The number of hydrogen-bond acceptors (Lipinski definition) is 2. The summed E-state index contributed by atoms with van der Waals surface area (Å²) in [4.78, 5) is 11.8. The van der Waals surface area contributed by atoms with Crippen LogP contribution in [0.25, 0.3) is 0 Å². The van der Waals surface area contributed by atoms with E-state index in [2.05, 4.69) is 17.3 Å². The van der Waals surface area contributed by atoms with Crippen molar-refractivity contribution in [3.05, 3.63) is 48.3 Å². The van der Waals surface area contributed by atoms with E-state index < -0.39 is 0 Å². The minimum atomic E-state index is -0.0606. The highest BCUT2D eigenvalue weighted by Gasteiger charge is 2.05. The minimum Gasteiger partial charge on any atom is -0.324 e. The molecule has 0 atom stereocenters. The molecular weight excluding hydrogens is 214 g/mol. The first-order valence-corrected chi connectivity index (χ1v) is 5.64. The minimum absolute atomic E-state index is 0.0606. The largest absolute Gasteiger partial charge is 0.324 e. The third-order valence-electron chi connectivity index (χ3n) is 2.54. The average Bonchev–Trinajstić information content (AvgIpc) is 2.82. The summed E-state index contributed by atoms with van der Waals surface area (Å²) < 4.78 is 1.60. The molecule has 0 saturated heterocycles. The number of benzene rings is 1. The SMILES string of the molecule is CCc1ccccc1NC(=O)Cn1cccn1. The Morgan fingerprint density at radius 3 is 2.88 bits per heavy atom. The molecule has 0 saturated carbocycles. The quantitative estimate of drug-likeness (QED) is 0.872. The summed E-state index contributed by atoms with van der Waals surface area (Å²) in [5.74, 6) is -0.0606. The Morgan fingerprint density at radius 1 is 1.35 bits per heavy atom. The van der Waals surface area contributed by atoms with E-state index in [1.54, 1.807) is 23.1 Å². The van der Waals surface area contributed by atoms with Crippen LogP contribution in [0.15, 0.2) is 42.7 Å². The number of carbonyl (C=O) groups is 1. The molecule has 0 aliphatic rings. The van der Waals surface area contributed by atoms with Crippen molar-refractivity contribution in [1.29, 1.82) is 0 Å². The predicted molar refractivity (Wildman–Crippen MR) is 66.7 cm³/mol. The van der Waals surface area contributed by atoms with E-state index in [9.17, 15) is 4.79 Å². The molecule has 0 aliphatic heterocycles. The predicted octanol–water partition coefficient (Wildman–Crippen LogP) is 2.08. The first-order valence-electron chi connectivity index (χ1n) is 5.64. The zero-order chi connectivity index (χ0) is 12.1. The lowest BCUT2D eigenvalue weighted by atomic mass is 10.1. The van der Waals surface area contributed by atoms with Gasteiger partial charge in [-0.05, 0) is 24.1 Å². The van der Waals surface area contributed by atoms with Gasteiger partial charge < -0.3 is 5.32 Å². The summed E-state index contributed by atoms with van der Waals surface area (Å²) in [6, 6.07) is 9.63. The van der Waals surface area contributed by atoms with Crippen LogP contribution in [0.3, 0.4) is 0 Å². The molecule has 1 N–H and O–H groups in total. The molecule has 4 heteroatoms. The Labute approximate surface area is 100 Å². The van der Waals surface area contributed by atoms with E-state index in [1.165, 1.54) is 0 Å². The van der Waals surface area contributed by atoms with Gasteiger partial charge in [-0.15, -0.1) is 0 Å². The van der Waals surface area contributed by atoms with Crippen molar-refractivity contribution in [2.24, 2.45) is 0 Å². The highest BCUT2D eigenvalue weighted by molar-refractivity contribution is 5.91. The molecule has 1 aromatic carbocycles. The van der Waals surface area contributed by atoms with Crippen LogP contribution < -0.4 is 5.32 Å². The third-order valence-corrected chi connectivity index (χ3v) is 2.54. The lowest BCUT2D eigenvalue weighted by Crippen LogP contribution is -2.19. The van der Waals surface area contributed by atoms with Gasteiger partial charge in [0, 0.05) is 18.1 Å². The first-order chi connectivity index (χ1) is 8.29. The molecule has 0 spiro atoms. The van der Waals surface area contributed by atoms with Crippen molar-refractivity contribution < 1.29 is 4.79 Å².